The highest BCUT2D eigenvalue weighted by atomic mass is 32.2. The Morgan fingerprint density at radius 2 is 2.16 bits per heavy atom. The maximum absolute atomic E-state index is 13.7. The number of halogens is 1. The molecule has 1 aromatic carbocycles. The molecule has 0 amide bonds. The van der Waals surface area contributed by atoms with E-state index in [1.165, 1.54) is 12.1 Å². The summed E-state index contributed by atoms with van der Waals surface area (Å²) in [5, 5.41) is 8.88. The molecule has 0 saturated heterocycles. The quantitative estimate of drug-likeness (QED) is 0.867. The third-order valence-electron chi connectivity index (χ3n) is 3.67. The Balaban J connectivity index is 2.18. The minimum absolute atomic E-state index is 0.185. The summed E-state index contributed by atoms with van der Waals surface area (Å²) in [6.45, 7) is 1.49. The second-order valence-corrected chi connectivity index (χ2v) is 6.71. The summed E-state index contributed by atoms with van der Waals surface area (Å²) < 4.78 is 40.5. The molecule has 0 radical (unpaired) electrons. The predicted molar refractivity (Wildman–Crippen MR) is 69.4 cm³/mol. The van der Waals surface area contributed by atoms with Gasteiger partial charge in [0.25, 0.3) is 0 Å². The van der Waals surface area contributed by atoms with Gasteiger partial charge in [0.1, 0.15) is 10.7 Å². The zero-order chi connectivity index (χ0) is 14.0. The van der Waals surface area contributed by atoms with Crippen LogP contribution in [0.3, 0.4) is 0 Å². The van der Waals surface area contributed by atoms with E-state index in [2.05, 4.69) is 4.72 Å². The van der Waals surface area contributed by atoms with Crippen LogP contribution in [0.25, 0.3) is 0 Å². The summed E-state index contributed by atoms with van der Waals surface area (Å²) in [5.41, 5.74) is 0.350. The maximum Gasteiger partial charge on any atom is 0.243 e. The molecule has 1 aliphatic carbocycles. The van der Waals surface area contributed by atoms with Crippen molar-refractivity contribution in [1.29, 1.82) is 0 Å². The molecule has 1 atom stereocenters. The second-order valence-electron chi connectivity index (χ2n) is 5.02. The SMILES string of the molecule is CC(NS(=O)(=O)c1ccc(CO)cc1F)C1CCC1. The summed E-state index contributed by atoms with van der Waals surface area (Å²) in [6, 6.07) is 3.46. The number of aliphatic hydroxyl groups excluding tert-OH is 1. The molecule has 1 saturated carbocycles. The van der Waals surface area contributed by atoms with Crippen LogP contribution in [0.1, 0.15) is 31.7 Å². The van der Waals surface area contributed by atoms with Gasteiger partial charge >= 0.3 is 0 Å². The van der Waals surface area contributed by atoms with Crippen molar-refractivity contribution in [2.24, 2.45) is 5.92 Å². The first-order chi connectivity index (χ1) is 8.94. The van der Waals surface area contributed by atoms with E-state index in [4.69, 9.17) is 5.11 Å². The molecule has 0 bridgehead atoms. The molecular weight excluding hydrogens is 269 g/mol. The number of nitrogens with one attached hydrogen (secondary N) is 1. The largest absolute Gasteiger partial charge is 0.392 e. The standard InChI is InChI=1S/C13H18FNO3S/c1-9(11-3-2-4-11)15-19(17,18)13-6-5-10(8-16)7-12(13)14/h5-7,9,11,15-16H,2-4,8H2,1H3. The van der Waals surface area contributed by atoms with Gasteiger partial charge in [0.15, 0.2) is 0 Å². The molecule has 1 fully saturated rings. The van der Waals surface area contributed by atoms with Crippen LogP contribution in [0.2, 0.25) is 0 Å². The fourth-order valence-corrected chi connectivity index (χ4v) is 3.58. The van der Waals surface area contributed by atoms with E-state index in [0.717, 1.165) is 25.3 Å². The zero-order valence-corrected chi connectivity index (χ0v) is 11.6. The molecule has 2 rings (SSSR count). The zero-order valence-electron chi connectivity index (χ0n) is 10.8. The fraction of sp³-hybridized carbons (Fsp3) is 0.538. The molecule has 0 heterocycles. The summed E-state index contributed by atoms with van der Waals surface area (Å²) >= 11 is 0. The van der Waals surface area contributed by atoms with E-state index in [1.54, 1.807) is 6.92 Å². The average Bonchev–Trinajstić information content (AvgIpc) is 2.24. The Hall–Kier alpha value is -0.980. The Morgan fingerprint density at radius 1 is 1.47 bits per heavy atom. The lowest BCUT2D eigenvalue weighted by atomic mass is 9.81. The van der Waals surface area contributed by atoms with E-state index >= 15 is 0 Å². The van der Waals surface area contributed by atoms with Crippen molar-refractivity contribution >= 4 is 10.0 Å². The van der Waals surface area contributed by atoms with Gasteiger partial charge in [0.05, 0.1) is 6.61 Å². The molecule has 19 heavy (non-hydrogen) atoms. The minimum atomic E-state index is -3.84. The van der Waals surface area contributed by atoms with Crippen LogP contribution in [0.5, 0.6) is 0 Å². The van der Waals surface area contributed by atoms with E-state index in [-0.39, 0.29) is 17.5 Å². The highest BCUT2D eigenvalue weighted by Crippen LogP contribution is 2.30. The molecule has 0 spiro atoms. The van der Waals surface area contributed by atoms with Crippen molar-refractivity contribution < 1.29 is 17.9 Å². The van der Waals surface area contributed by atoms with Crippen LogP contribution in [0.4, 0.5) is 4.39 Å². The molecular formula is C13H18FNO3S. The van der Waals surface area contributed by atoms with Gasteiger partial charge in [-0.25, -0.2) is 17.5 Å². The molecule has 106 valence electrons. The van der Waals surface area contributed by atoms with Gasteiger partial charge in [-0.2, -0.15) is 0 Å². The molecule has 0 aromatic heterocycles. The number of sulfonamides is 1. The first-order valence-corrected chi connectivity index (χ1v) is 7.84. The number of hydrogen-bond acceptors (Lipinski definition) is 3. The number of aliphatic hydroxyl groups is 1. The fourth-order valence-electron chi connectivity index (χ4n) is 2.20. The summed E-state index contributed by atoms with van der Waals surface area (Å²) in [4.78, 5) is -0.365. The van der Waals surface area contributed by atoms with Gasteiger partial charge in [-0.15, -0.1) is 0 Å². The first-order valence-electron chi connectivity index (χ1n) is 6.35. The lowest BCUT2D eigenvalue weighted by molar-refractivity contribution is 0.260. The topological polar surface area (TPSA) is 66.4 Å². The number of hydrogen-bond donors (Lipinski definition) is 2. The lowest BCUT2D eigenvalue weighted by Gasteiger charge is -2.31. The van der Waals surface area contributed by atoms with Gasteiger partial charge in [-0.3, -0.25) is 0 Å². The predicted octanol–water partition coefficient (Wildman–Crippen LogP) is 1.78. The third-order valence-corrected chi connectivity index (χ3v) is 5.26. The van der Waals surface area contributed by atoms with Crippen molar-refractivity contribution in [3.8, 4) is 0 Å². The van der Waals surface area contributed by atoms with Crippen molar-refractivity contribution in [3.05, 3.63) is 29.6 Å². The Bertz CT molecular complexity index is 555. The third kappa shape index (κ3) is 3.13. The van der Waals surface area contributed by atoms with Crippen LogP contribution in [0, 0.1) is 11.7 Å². The van der Waals surface area contributed by atoms with Crippen molar-refractivity contribution in [2.75, 3.05) is 0 Å². The minimum Gasteiger partial charge on any atom is -0.392 e. The number of rotatable bonds is 5. The van der Waals surface area contributed by atoms with Gasteiger partial charge < -0.3 is 5.11 Å². The normalized spacial score (nSPS) is 18.1. The summed E-state index contributed by atoms with van der Waals surface area (Å²) in [7, 11) is -3.84. The van der Waals surface area contributed by atoms with Crippen LogP contribution in [-0.2, 0) is 16.6 Å². The van der Waals surface area contributed by atoms with E-state index < -0.39 is 15.8 Å². The average molecular weight is 287 g/mol. The molecule has 6 heteroatoms. The van der Waals surface area contributed by atoms with Gasteiger partial charge in [-0.05, 0) is 43.4 Å². The van der Waals surface area contributed by atoms with Gasteiger partial charge in [0, 0.05) is 6.04 Å². The molecule has 2 N–H and O–H groups in total. The smallest absolute Gasteiger partial charge is 0.243 e. The molecule has 1 unspecified atom stereocenters. The highest BCUT2D eigenvalue weighted by molar-refractivity contribution is 7.89. The van der Waals surface area contributed by atoms with Crippen LogP contribution < -0.4 is 4.72 Å². The van der Waals surface area contributed by atoms with Crippen LogP contribution in [0.15, 0.2) is 23.1 Å². The van der Waals surface area contributed by atoms with E-state index in [1.807, 2.05) is 0 Å². The van der Waals surface area contributed by atoms with Crippen LogP contribution >= 0.6 is 0 Å². The summed E-state index contributed by atoms with van der Waals surface area (Å²) in [5.74, 6) is -0.491. The van der Waals surface area contributed by atoms with Crippen molar-refractivity contribution in [1.82, 2.24) is 4.72 Å². The highest BCUT2D eigenvalue weighted by Gasteiger charge is 2.29. The summed E-state index contributed by atoms with van der Waals surface area (Å²) in [6.07, 6.45) is 3.14. The van der Waals surface area contributed by atoms with E-state index in [9.17, 15) is 12.8 Å². The number of benzene rings is 1. The van der Waals surface area contributed by atoms with Gasteiger partial charge in [-0.1, -0.05) is 12.5 Å². The van der Waals surface area contributed by atoms with Crippen LogP contribution in [-0.4, -0.2) is 19.6 Å². The Labute approximate surface area is 112 Å². The molecule has 1 aliphatic rings. The molecule has 1 aromatic rings. The Kier molecular flexibility index (Phi) is 4.23. The van der Waals surface area contributed by atoms with Gasteiger partial charge in [0.2, 0.25) is 10.0 Å². The lowest BCUT2D eigenvalue weighted by Crippen LogP contribution is -2.40. The second kappa shape index (κ2) is 5.56. The molecule has 0 aliphatic heterocycles. The van der Waals surface area contributed by atoms with E-state index in [0.29, 0.717) is 11.5 Å². The molecule has 4 nitrogen and oxygen atoms in total. The maximum atomic E-state index is 13.7. The van der Waals surface area contributed by atoms with Crippen molar-refractivity contribution in [3.63, 3.8) is 0 Å². The Morgan fingerprint density at radius 3 is 2.63 bits per heavy atom. The monoisotopic (exact) mass is 287 g/mol. The first kappa shape index (κ1) is 14.4. The van der Waals surface area contributed by atoms with Crippen molar-refractivity contribution in [2.45, 2.75) is 43.7 Å².